The summed E-state index contributed by atoms with van der Waals surface area (Å²) in [5.74, 6) is 0.906. The number of hydrogen-bond acceptors (Lipinski definition) is 4. The molecule has 2 N–H and O–H groups in total. The Morgan fingerprint density at radius 2 is 2.25 bits per heavy atom. The molecule has 0 saturated heterocycles. The van der Waals surface area contributed by atoms with Gasteiger partial charge in [0.25, 0.3) is 0 Å². The van der Waals surface area contributed by atoms with E-state index in [9.17, 15) is 0 Å². The van der Waals surface area contributed by atoms with Crippen LogP contribution in [0.3, 0.4) is 0 Å². The Labute approximate surface area is 101 Å². The van der Waals surface area contributed by atoms with Gasteiger partial charge in [0.15, 0.2) is 0 Å². The zero-order valence-electron chi connectivity index (χ0n) is 9.99. The van der Waals surface area contributed by atoms with E-state index in [1.165, 1.54) is 0 Å². The number of hydrogen-bond donors (Lipinski definition) is 2. The molecule has 0 aliphatic rings. The maximum absolute atomic E-state index is 8.91. The smallest absolute Gasteiger partial charge is 0.132 e. The lowest BCUT2D eigenvalue weighted by Crippen LogP contribution is -2.28. The summed E-state index contributed by atoms with van der Waals surface area (Å²) in [5, 5.41) is 12.1. The highest BCUT2D eigenvalue weighted by atomic mass is 32.2. The normalized spacial score (nSPS) is 12.5. The first kappa shape index (κ1) is 13.4. The van der Waals surface area contributed by atoms with Crippen molar-refractivity contribution >= 4 is 11.8 Å². The summed E-state index contributed by atoms with van der Waals surface area (Å²) in [6, 6.07) is 6.28. The Balaban J connectivity index is 2.67. The first-order valence-corrected chi connectivity index (χ1v) is 6.49. The molecule has 1 aromatic carbocycles. The number of nitrogens with one attached hydrogen (secondary N) is 1. The number of aliphatic hydroxyl groups is 1. The lowest BCUT2D eigenvalue weighted by Gasteiger charge is -2.12. The van der Waals surface area contributed by atoms with Gasteiger partial charge in [-0.15, -0.1) is 11.8 Å². The van der Waals surface area contributed by atoms with Gasteiger partial charge in [0.2, 0.25) is 0 Å². The Hall–Kier alpha value is -0.710. The van der Waals surface area contributed by atoms with Crippen molar-refractivity contribution in [3.8, 4) is 5.75 Å². The Morgan fingerprint density at radius 3 is 2.81 bits per heavy atom. The quantitative estimate of drug-likeness (QED) is 0.746. The Morgan fingerprint density at radius 1 is 1.50 bits per heavy atom. The van der Waals surface area contributed by atoms with Crippen LogP contribution in [-0.2, 0) is 6.54 Å². The largest absolute Gasteiger partial charge is 0.496 e. The predicted octanol–water partition coefficient (Wildman–Crippen LogP) is 1.89. The van der Waals surface area contributed by atoms with Crippen LogP contribution in [0.2, 0.25) is 0 Å². The molecule has 0 aromatic heterocycles. The van der Waals surface area contributed by atoms with E-state index in [2.05, 4.69) is 17.4 Å². The molecule has 1 aromatic rings. The second-order valence-corrected chi connectivity index (χ2v) is 4.50. The van der Waals surface area contributed by atoms with Gasteiger partial charge in [-0.05, 0) is 30.9 Å². The van der Waals surface area contributed by atoms with Crippen LogP contribution in [0.1, 0.15) is 12.5 Å². The fraction of sp³-hybridized carbons (Fsp3) is 0.500. The van der Waals surface area contributed by atoms with Crippen LogP contribution in [0.25, 0.3) is 0 Å². The molecule has 0 saturated carbocycles. The van der Waals surface area contributed by atoms with E-state index < -0.39 is 0 Å². The summed E-state index contributed by atoms with van der Waals surface area (Å²) in [6.07, 6.45) is 2.03. The molecule has 0 aliphatic carbocycles. The van der Waals surface area contributed by atoms with E-state index in [0.717, 1.165) is 22.8 Å². The van der Waals surface area contributed by atoms with Crippen molar-refractivity contribution in [2.45, 2.75) is 24.4 Å². The molecule has 0 aliphatic heterocycles. The lowest BCUT2D eigenvalue weighted by molar-refractivity contribution is 0.251. The number of benzene rings is 1. The average Bonchev–Trinajstić information content (AvgIpc) is 2.35. The molecule has 3 nitrogen and oxygen atoms in total. The molecule has 16 heavy (non-hydrogen) atoms. The molecule has 0 bridgehead atoms. The van der Waals surface area contributed by atoms with Crippen LogP contribution in [0.5, 0.6) is 5.75 Å². The highest BCUT2D eigenvalue weighted by Gasteiger charge is 2.04. The Bertz CT molecular complexity index is 331. The van der Waals surface area contributed by atoms with Gasteiger partial charge in [-0.1, -0.05) is 6.07 Å². The van der Waals surface area contributed by atoms with Crippen molar-refractivity contribution in [1.82, 2.24) is 5.32 Å². The molecule has 0 spiro atoms. The van der Waals surface area contributed by atoms with Crippen molar-refractivity contribution in [2.24, 2.45) is 0 Å². The van der Waals surface area contributed by atoms with Gasteiger partial charge in [0, 0.05) is 17.5 Å². The summed E-state index contributed by atoms with van der Waals surface area (Å²) in [7, 11) is 1.68. The second kappa shape index (κ2) is 6.78. The van der Waals surface area contributed by atoms with Crippen molar-refractivity contribution in [3.63, 3.8) is 0 Å². The van der Waals surface area contributed by atoms with E-state index in [1.54, 1.807) is 18.9 Å². The number of methoxy groups -OCH3 is 1. The summed E-state index contributed by atoms with van der Waals surface area (Å²) in [5.41, 5.74) is 1.16. The van der Waals surface area contributed by atoms with E-state index >= 15 is 0 Å². The van der Waals surface area contributed by atoms with Gasteiger partial charge in [-0.3, -0.25) is 0 Å². The molecule has 4 heteroatoms. The van der Waals surface area contributed by atoms with Crippen molar-refractivity contribution < 1.29 is 9.84 Å². The lowest BCUT2D eigenvalue weighted by atomic mass is 10.2. The number of thioether (sulfide) groups is 1. The zero-order chi connectivity index (χ0) is 12.0. The third-order valence-electron chi connectivity index (χ3n) is 2.38. The van der Waals surface area contributed by atoms with Crippen LogP contribution in [0, 0.1) is 0 Å². The maximum Gasteiger partial charge on any atom is 0.132 e. The number of aliphatic hydroxyl groups excluding tert-OH is 1. The van der Waals surface area contributed by atoms with E-state index in [1.807, 2.05) is 19.2 Å². The van der Waals surface area contributed by atoms with E-state index in [0.29, 0.717) is 0 Å². The summed E-state index contributed by atoms with van der Waals surface area (Å²) < 4.78 is 5.31. The van der Waals surface area contributed by atoms with E-state index in [-0.39, 0.29) is 12.6 Å². The van der Waals surface area contributed by atoms with Crippen LogP contribution in [0.15, 0.2) is 23.1 Å². The number of rotatable bonds is 6. The molecule has 0 heterocycles. The minimum absolute atomic E-state index is 0.117. The highest BCUT2D eigenvalue weighted by Crippen LogP contribution is 2.28. The van der Waals surface area contributed by atoms with Gasteiger partial charge >= 0.3 is 0 Å². The van der Waals surface area contributed by atoms with E-state index in [4.69, 9.17) is 9.84 Å². The summed E-state index contributed by atoms with van der Waals surface area (Å²) in [6.45, 7) is 2.85. The zero-order valence-corrected chi connectivity index (χ0v) is 10.8. The fourth-order valence-corrected chi connectivity index (χ4v) is 1.89. The van der Waals surface area contributed by atoms with Gasteiger partial charge in [-0.2, -0.15) is 0 Å². The van der Waals surface area contributed by atoms with Crippen LogP contribution in [-0.4, -0.2) is 31.1 Å². The van der Waals surface area contributed by atoms with Crippen LogP contribution < -0.4 is 10.1 Å². The molecular weight excluding hydrogens is 222 g/mol. The maximum atomic E-state index is 8.91. The first-order chi connectivity index (χ1) is 7.71. The van der Waals surface area contributed by atoms with Crippen molar-refractivity contribution in [2.75, 3.05) is 20.0 Å². The Kier molecular flexibility index (Phi) is 5.66. The van der Waals surface area contributed by atoms with Gasteiger partial charge in [0.1, 0.15) is 5.75 Å². The first-order valence-electron chi connectivity index (χ1n) is 5.26. The second-order valence-electron chi connectivity index (χ2n) is 3.65. The topological polar surface area (TPSA) is 41.5 Å². The third kappa shape index (κ3) is 3.70. The minimum Gasteiger partial charge on any atom is -0.496 e. The molecule has 1 rings (SSSR count). The minimum atomic E-state index is 0.117. The molecule has 0 amide bonds. The fourth-order valence-electron chi connectivity index (χ4n) is 1.35. The molecule has 0 unspecified atom stereocenters. The highest BCUT2D eigenvalue weighted by molar-refractivity contribution is 7.98. The molecule has 90 valence electrons. The SMILES string of the molecule is COc1cc(CN[C@@H](C)CO)ccc1SC. The average molecular weight is 241 g/mol. The standard InChI is InChI=1S/C12H19NO2S/c1-9(8-14)13-7-10-4-5-12(16-3)11(6-10)15-2/h4-6,9,13-14H,7-8H2,1-3H3/t9-/m0/s1. The van der Waals surface area contributed by atoms with Crippen LogP contribution in [0.4, 0.5) is 0 Å². The number of ether oxygens (including phenoxy) is 1. The van der Waals surface area contributed by atoms with Crippen LogP contribution >= 0.6 is 11.8 Å². The molecule has 0 radical (unpaired) electrons. The van der Waals surface area contributed by atoms with Crippen molar-refractivity contribution in [3.05, 3.63) is 23.8 Å². The third-order valence-corrected chi connectivity index (χ3v) is 3.15. The molecular formula is C12H19NO2S. The summed E-state index contributed by atoms with van der Waals surface area (Å²) >= 11 is 1.67. The monoisotopic (exact) mass is 241 g/mol. The predicted molar refractivity (Wildman–Crippen MR) is 68.2 cm³/mol. The van der Waals surface area contributed by atoms with Crippen molar-refractivity contribution in [1.29, 1.82) is 0 Å². The van der Waals surface area contributed by atoms with Gasteiger partial charge in [-0.25, -0.2) is 0 Å². The molecule has 1 atom stereocenters. The van der Waals surface area contributed by atoms with Gasteiger partial charge < -0.3 is 15.2 Å². The summed E-state index contributed by atoms with van der Waals surface area (Å²) in [4.78, 5) is 1.14. The van der Waals surface area contributed by atoms with Gasteiger partial charge in [0.05, 0.1) is 13.7 Å². The molecule has 0 fully saturated rings.